The molecule has 19 heavy (non-hydrogen) atoms. The van der Waals surface area contributed by atoms with Crippen molar-refractivity contribution in [3.63, 3.8) is 0 Å². The van der Waals surface area contributed by atoms with Crippen molar-refractivity contribution in [2.24, 2.45) is 0 Å². The molecule has 1 rings (SSSR count). The van der Waals surface area contributed by atoms with Gasteiger partial charge >= 0.3 is 21.6 Å². The third kappa shape index (κ3) is 3.74. The van der Waals surface area contributed by atoms with Crippen LogP contribution in [0.15, 0.2) is 28.6 Å². The molecule has 0 aromatic carbocycles. The van der Waals surface area contributed by atoms with Gasteiger partial charge in [-0.05, 0) is 12.1 Å². The van der Waals surface area contributed by atoms with Gasteiger partial charge in [0.25, 0.3) is 0 Å². The minimum absolute atomic E-state index is 0.0854. The molecule has 0 aliphatic rings. The maximum absolute atomic E-state index is 12.1. The third-order valence-electron chi connectivity index (χ3n) is 1.69. The predicted molar refractivity (Wildman–Crippen MR) is 54.8 cm³/mol. The SMILES string of the molecule is COC(=O)/C(=C/c1ccco1)OS(=O)(=O)C(F)(F)F. The number of ether oxygens (including phenoxy) is 1. The first kappa shape index (κ1) is 15.1. The van der Waals surface area contributed by atoms with Crippen molar-refractivity contribution < 1.29 is 39.7 Å². The highest BCUT2D eigenvalue weighted by atomic mass is 32.2. The quantitative estimate of drug-likeness (QED) is 0.276. The first-order valence-electron chi connectivity index (χ1n) is 4.51. The zero-order valence-electron chi connectivity index (χ0n) is 9.30. The van der Waals surface area contributed by atoms with E-state index in [9.17, 15) is 26.4 Å². The first-order valence-corrected chi connectivity index (χ1v) is 5.92. The molecule has 10 heteroatoms. The van der Waals surface area contributed by atoms with E-state index < -0.39 is 27.4 Å². The highest BCUT2D eigenvalue weighted by Crippen LogP contribution is 2.27. The van der Waals surface area contributed by atoms with Crippen LogP contribution in [-0.2, 0) is 23.8 Å². The van der Waals surface area contributed by atoms with E-state index in [2.05, 4.69) is 8.92 Å². The number of alkyl halides is 3. The van der Waals surface area contributed by atoms with Crippen LogP contribution in [0.2, 0.25) is 0 Å². The highest BCUT2D eigenvalue weighted by Gasteiger charge is 2.49. The molecular weight excluding hydrogens is 293 g/mol. The van der Waals surface area contributed by atoms with E-state index in [1.807, 2.05) is 0 Å². The Balaban J connectivity index is 3.12. The molecule has 0 saturated carbocycles. The second-order valence-corrected chi connectivity index (χ2v) is 4.54. The van der Waals surface area contributed by atoms with Gasteiger partial charge in [-0.15, -0.1) is 0 Å². The number of halogens is 3. The third-order valence-corrected chi connectivity index (χ3v) is 2.65. The highest BCUT2D eigenvalue weighted by molar-refractivity contribution is 7.87. The van der Waals surface area contributed by atoms with E-state index in [0.29, 0.717) is 6.08 Å². The maximum atomic E-state index is 12.1. The van der Waals surface area contributed by atoms with Crippen molar-refractivity contribution in [2.75, 3.05) is 7.11 Å². The average Bonchev–Trinajstić information content (AvgIpc) is 2.78. The lowest BCUT2D eigenvalue weighted by Crippen LogP contribution is -2.27. The van der Waals surface area contributed by atoms with Gasteiger partial charge in [0.1, 0.15) is 5.76 Å². The van der Waals surface area contributed by atoms with Gasteiger partial charge in [-0.1, -0.05) is 0 Å². The Hall–Kier alpha value is -1.97. The summed E-state index contributed by atoms with van der Waals surface area (Å²) in [5.74, 6) is -2.66. The predicted octanol–water partition coefficient (Wildman–Crippen LogP) is 1.66. The summed E-state index contributed by atoms with van der Waals surface area (Å²) < 4.78 is 70.5. The zero-order chi connectivity index (χ0) is 14.7. The fourth-order valence-electron chi connectivity index (χ4n) is 0.886. The van der Waals surface area contributed by atoms with E-state index in [0.717, 1.165) is 7.11 Å². The Bertz CT molecular complexity index is 570. The van der Waals surface area contributed by atoms with Gasteiger partial charge in [0, 0.05) is 6.08 Å². The Labute approximate surface area is 105 Å². The number of methoxy groups -OCH3 is 1. The van der Waals surface area contributed by atoms with Gasteiger partial charge in [0.15, 0.2) is 0 Å². The fraction of sp³-hybridized carbons (Fsp3) is 0.222. The summed E-state index contributed by atoms with van der Waals surface area (Å²) in [5, 5.41) is 0. The molecule has 0 saturated heterocycles. The molecule has 0 aliphatic carbocycles. The minimum atomic E-state index is -5.97. The van der Waals surface area contributed by atoms with Crippen molar-refractivity contribution in [3.05, 3.63) is 29.9 Å². The molecule has 0 fully saturated rings. The fourth-order valence-corrected chi connectivity index (χ4v) is 1.33. The summed E-state index contributed by atoms with van der Waals surface area (Å²) in [6.07, 6.45) is 1.83. The smallest absolute Gasteiger partial charge is 0.465 e. The minimum Gasteiger partial charge on any atom is -0.465 e. The number of carbonyl (C=O) groups is 1. The second kappa shape index (κ2) is 5.34. The Morgan fingerprint density at radius 3 is 2.47 bits per heavy atom. The van der Waals surface area contributed by atoms with Gasteiger partial charge < -0.3 is 13.3 Å². The maximum Gasteiger partial charge on any atom is 0.534 e. The number of esters is 1. The van der Waals surface area contributed by atoms with Crippen LogP contribution in [-0.4, -0.2) is 27.0 Å². The van der Waals surface area contributed by atoms with E-state index in [1.54, 1.807) is 0 Å². The lowest BCUT2D eigenvalue weighted by atomic mass is 10.3. The average molecular weight is 300 g/mol. The lowest BCUT2D eigenvalue weighted by molar-refractivity contribution is -0.138. The second-order valence-electron chi connectivity index (χ2n) is 3.00. The van der Waals surface area contributed by atoms with Gasteiger partial charge in [-0.25, -0.2) is 4.79 Å². The van der Waals surface area contributed by atoms with Crippen LogP contribution in [0.4, 0.5) is 13.2 Å². The molecule has 0 spiro atoms. The van der Waals surface area contributed by atoms with E-state index in [-0.39, 0.29) is 5.76 Å². The van der Waals surface area contributed by atoms with E-state index in [1.165, 1.54) is 18.4 Å². The molecule has 6 nitrogen and oxygen atoms in total. The molecule has 0 atom stereocenters. The molecular formula is C9H7F3O6S. The molecule has 0 N–H and O–H groups in total. The van der Waals surface area contributed by atoms with E-state index >= 15 is 0 Å². The Kier molecular flexibility index (Phi) is 4.24. The van der Waals surface area contributed by atoms with Crippen LogP contribution in [0.25, 0.3) is 6.08 Å². The number of rotatable bonds is 4. The van der Waals surface area contributed by atoms with Crippen LogP contribution >= 0.6 is 0 Å². The standard InChI is InChI=1S/C9H7F3O6S/c1-16-8(13)7(5-6-3-2-4-17-6)18-19(14,15)9(10,11)12/h2-5H,1H3/b7-5-. The molecule has 1 aromatic heterocycles. The van der Waals surface area contributed by atoms with Crippen LogP contribution in [0.3, 0.4) is 0 Å². The molecule has 0 radical (unpaired) electrons. The zero-order valence-corrected chi connectivity index (χ0v) is 10.1. The number of furan rings is 1. The topological polar surface area (TPSA) is 82.8 Å². The van der Waals surface area contributed by atoms with E-state index in [4.69, 9.17) is 4.42 Å². The van der Waals surface area contributed by atoms with Crippen molar-refractivity contribution in [1.82, 2.24) is 0 Å². The monoisotopic (exact) mass is 300 g/mol. The van der Waals surface area contributed by atoms with Crippen molar-refractivity contribution in [2.45, 2.75) is 5.51 Å². The van der Waals surface area contributed by atoms with Crippen LogP contribution in [0.1, 0.15) is 5.76 Å². The summed E-state index contributed by atoms with van der Waals surface area (Å²) in [4.78, 5) is 11.2. The van der Waals surface area contributed by atoms with Crippen LogP contribution < -0.4 is 0 Å². The molecule has 106 valence electrons. The molecule has 1 heterocycles. The molecule has 0 unspecified atom stereocenters. The molecule has 0 aliphatic heterocycles. The number of hydrogen-bond donors (Lipinski definition) is 0. The van der Waals surface area contributed by atoms with Crippen molar-refractivity contribution in [3.8, 4) is 0 Å². The molecule has 0 bridgehead atoms. The van der Waals surface area contributed by atoms with Gasteiger partial charge in [-0.2, -0.15) is 21.6 Å². The Morgan fingerprint density at radius 2 is 2.05 bits per heavy atom. The van der Waals surface area contributed by atoms with Crippen molar-refractivity contribution >= 4 is 22.2 Å². The van der Waals surface area contributed by atoms with Crippen LogP contribution in [0, 0.1) is 0 Å². The normalized spacial score (nSPS) is 13.2. The van der Waals surface area contributed by atoms with Gasteiger partial charge in [0.05, 0.1) is 13.4 Å². The first-order chi connectivity index (χ1) is 8.67. The summed E-state index contributed by atoms with van der Waals surface area (Å²) in [6.45, 7) is 0. The summed E-state index contributed by atoms with van der Waals surface area (Å²) in [7, 11) is -5.12. The molecule has 1 aromatic rings. The number of carbonyl (C=O) groups excluding carboxylic acids is 1. The number of hydrogen-bond acceptors (Lipinski definition) is 6. The summed E-state index contributed by atoms with van der Waals surface area (Å²) in [6, 6.07) is 2.64. The Morgan fingerprint density at radius 1 is 1.42 bits per heavy atom. The van der Waals surface area contributed by atoms with Gasteiger partial charge in [-0.3, -0.25) is 0 Å². The van der Waals surface area contributed by atoms with Crippen molar-refractivity contribution in [1.29, 1.82) is 0 Å². The summed E-state index contributed by atoms with van der Waals surface area (Å²) >= 11 is 0. The van der Waals surface area contributed by atoms with Gasteiger partial charge in [0.2, 0.25) is 5.76 Å². The molecule has 0 amide bonds. The largest absolute Gasteiger partial charge is 0.534 e. The summed E-state index contributed by atoms with van der Waals surface area (Å²) in [5.41, 5.74) is -5.66. The van der Waals surface area contributed by atoms with Crippen LogP contribution in [0.5, 0.6) is 0 Å². The lowest BCUT2D eigenvalue weighted by Gasteiger charge is -2.10.